The van der Waals surface area contributed by atoms with E-state index >= 15 is 0 Å². The summed E-state index contributed by atoms with van der Waals surface area (Å²) in [5.41, 5.74) is 7.10. The molecule has 1 aliphatic carbocycles. The molecule has 1 heterocycles. The quantitative estimate of drug-likeness (QED) is 0.770. The van der Waals surface area contributed by atoms with Gasteiger partial charge in [-0.1, -0.05) is 48.4 Å². The van der Waals surface area contributed by atoms with Crippen LogP contribution in [0.15, 0.2) is 54.7 Å². The monoisotopic (exact) mass is 306 g/mol. The van der Waals surface area contributed by atoms with Crippen LogP contribution >= 0.6 is 0 Å². The number of imidazole rings is 1. The lowest BCUT2D eigenvalue weighted by Crippen LogP contribution is -2.32. The molecule has 2 heteroatoms. The lowest BCUT2D eigenvalue weighted by atomic mass is 9.65. The Labute approximate surface area is 139 Å². The Kier molecular flexibility index (Phi) is 4.01. The molecule has 0 saturated carbocycles. The Morgan fingerprint density at radius 3 is 2.43 bits per heavy atom. The fraction of sp³-hybridized carbons (Fsp3) is 0.381. The Morgan fingerprint density at radius 2 is 1.83 bits per heavy atom. The highest BCUT2D eigenvalue weighted by Gasteiger charge is 2.37. The highest BCUT2D eigenvalue weighted by Crippen LogP contribution is 2.47. The van der Waals surface area contributed by atoms with Crippen LogP contribution in [0.5, 0.6) is 0 Å². The van der Waals surface area contributed by atoms with Crippen molar-refractivity contribution in [2.75, 3.05) is 0 Å². The molecule has 0 fully saturated rings. The van der Waals surface area contributed by atoms with E-state index in [0.29, 0.717) is 5.92 Å². The highest BCUT2D eigenvalue weighted by atomic mass is 15.0. The fourth-order valence-corrected chi connectivity index (χ4v) is 4.25. The molecule has 0 bridgehead atoms. The van der Waals surface area contributed by atoms with Crippen LogP contribution in [-0.2, 0) is 6.54 Å². The molecule has 3 rings (SSSR count). The zero-order valence-electron chi connectivity index (χ0n) is 14.8. The molecule has 1 aromatic heterocycles. The zero-order chi connectivity index (χ0) is 16.6. The zero-order valence-corrected chi connectivity index (χ0v) is 14.8. The Bertz CT molecular complexity index is 742. The van der Waals surface area contributed by atoms with Crippen LogP contribution in [-0.4, -0.2) is 9.55 Å². The number of benzene rings is 1. The second-order valence-electron chi connectivity index (χ2n) is 7.26. The van der Waals surface area contributed by atoms with Gasteiger partial charge >= 0.3 is 0 Å². The van der Waals surface area contributed by atoms with Gasteiger partial charge in [0.25, 0.3) is 0 Å². The van der Waals surface area contributed by atoms with Gasteiger partial charge in [0.2, 0.25) is 0 Å². The maximum atomic E-state index is 4.21. The average molecular weight is 306 g/mol. The minimum Gasteiger partial charge on any atom is -0.337 e. The largest absolute Gasteiger partial charge is 0.337 e. The van der Waals surface area contributed by atoms with Crippen molar-refractivity contribution in [3.63, 3.8) is 0 Å². The first kappa shape index (κ1) is 15.8. The molecule has 0 aliphatic heterocycles. The summed E-state index contributed by atoms with van der Waals surface area (Å²) in [6.07, 6.45) is 12.7. The normalized spacial score (nSPS) is 23.9. The maximum absolute atomic E-state index is 4.21. The fourth-order valence-electron chi connectivity index (χ4n) is 4.25. The molecule has 120 valence electrons. The molecule has 2 nitrogen and oxygen atoms in total. The molecular formula is C21H26N2. The summed E-state index contributed by atoms with van der Waals surface area (Å²) in [5, 5.41) is 0. The van der Waals surface area contributed by atoms with Gasteiger partial charge in [0.05, 0.1) is 6.33 Å². The summed E-state index contributed by atoms with van der Waals surface area (Å²) in [5.74, 6) is 0.399. The lowest BCUT2D eigenvalue weighted by Gasteiger charge is -2.40. The summed E-state index contributed by atoms with van der Waals surface area (Å²) < 4.78 is 2.19. The van der Waals surface area contributed by atoms with Crippen LogP contribution in [0, 0.1) is 26.2 Å². The molecule has 2 aromatic rings. The molecule has 0 spiro atoms. The van der Waals surface area contributed by atoms with Crippen molar-refractivity contribution in [1.82, 2.24) is 9.55 Å². The second-order valence-corrected chi connectivity index (χ2v) is 7.26. The minimum atomic E-state index is 0.0459. The summed E-state index contributed by atoms with van der Waals surface area (Å²) >= 11 is 0. The lowest BCUT2D eigenvalue weighted by molar-refractivity contribution is 0.306. The van der Waals surface area contributed by atoms with Crippen LogP contribution in [0.2, 0.25) is 0 Å². The van der Waals surface area contributed by atoms with E-state index < -0.39 is 0 Å². The van der Waals surface area contributed by atoms with Gasteiger partial charge in [0.15, 0.2) is 0 Å². The highest BCUT2D eigenvalue weighted by molar-refractivity contribution is 5.47. The van der Waals surface area contributed by atoms with E-state index in [4.69, 9.17) is 0 Å². The van der Waals surface area contributed by atoms with Crippen molar-refractivity contribution in [2.45, 2.75) is 47.1 Å². The van der Waals surface area contributed by atoms with Gasteiger partial charge in [-0.2, -0.15) is 0 Å². The van der Waals surface area contributed by atoms with E-state index in [1.807, 2.05) is 12.5 Å². The van der Waals surface area contributed by atoms with Crippen LogP contribution < -0.4 is 0 Å². The summed E-state index contributed by atoms with van der Waals surface area (Å²) in [4.78, 5) is 4.21. The third-order valence-corrected chi connectivity index (χ3v) is 5.06. The number of hydrogen-bond acceptors (Lipinski definition) is 1. The van der Waals surface area contributed by atoms with Crippen molar-refractivity contribution in [1.29, 1.82) is 0 Å². The Morgan fingerprint density at radius 1 is 1.13 bits per heavy atom. The summed E-state index contributed by atoms with van der Waals surface area (Å²) in [6, 6.07) is 4.62. The van der Waals surface area contributed by atoms with Crippen LogP contribution in [0.1, 0.15) is 42.0 Å². The van der Waals surface area contributed by atoms with Crippen molar-refractivity contribution in [3.05, 3.63) is 76.9 Å². The Balaban J connectivity index is 2.10. The molecular weight excluding hydrogens is 280 g/mol. The molecule has 0 amide bonds. The number of rotatable bonds is 3. The topological polar surface area (TPSA) is 17.8 Å². The van der Waals surface area contributed by atoms with Crippen LogP contribution in [0.4, 0.5) is 0 Å². The van der Waals surface area contributed by atoms with E-state index in [2.05, 4.69) is 80.7 Å². The molecule has 2 unspecified atom stereocenters. The van der Waals surface area contributed by atoms with Gasteiger partial charge in [0, 0.05) is 30.3 Å². The number of aromatic nitrogens is 2. The molecule has 23 heavy (non-hydrogen) atoms. The second kappa shape index (κ2) is 5.84. The molecule has 1 aliphatic rings. The molecule has 1 aromatic carbocycles. The third-order valence-electron chi connectivity index (χ3n) is 5.06. The van der Waals surface area contributed by atoms with Gasteiger partial charge < -0.3 is 4.57 Å². The van der Waals surface area contributed by atoms with E-state index in [1.165, 1.54) is 27.8 Å². The molecule has 0 radical (unpaired) electrons. The predicted molar refractivity (Wildman–Crippen MR) is 96.6 cm³/mol. The summed E-state index contributed by atoms with van der Waals surface area (Å²) in [7, 11) is 0. The first-order chi connectivity index (χ1) is 10.9. The van der Waals surface area contributed by atoms with Gasteiger partial charge in [-0.05, 0) is 44.4 Å². The third kappa shape index (κ3) is 2.90. The van der Waals surface area contributed by atoms with Gasteiger partial charge in [0.1, 0.15) is 0 Å². The number of hydrogen-bond donors (Lipinski definition) is 0. The van der Waals surface area contributed by atoms with E-state index in [1.54, 1.807) is 0 Å². The van der Waals surface area contributed by atoms with Crippen LogP contribution in [0.3, 0.4) is 0 Å². The Hall–Kier alpha value is -2.09. The van der Waals surface area contributed by atoms with Gasteiger partial charge in [-0.25, -0.2) is 4.98 Å². The van der Waals surface area contributed by atoms with Crippen molar-refractivity contribution in [3.8, 4) is 0 Å². The van der Waals surface area contributed by atoms with Gasteiger partial charge in [-0.3, -0.25) is 0 Å². The predicted octanol–water partition coefficient (Wildman–Crippen LogP) is 5.11. The first-order valence-electron chi connectivity index (χ1n) is 8.30. The number of allylic oxidation sites excluding steroid dienone is 4. The van der Waals surface area contributed by atoms with E-state index in [0.717, 1.165) is 6.54 Å². The molecule has 0 N–H and O–H groups in total. The SMILES string of the molecule is CC1=CC=CC(C)(Cn2ccnc2)C1c1c(C)cc(C)cc1C. The van der Waals surface area contributed by atoms with Crippen LogP contribution in [0.25, 0.3) is 0 Å². The number of nitrogens with zero attached hydrogens (tertiary/aromatic N) is 2. The molecule has 2 atom stereocenters. The minimum absolute atomic E-state index is 0.0459. The van der Waals surface area contributed by atoms with E-state index in [9.17, 15) is 0 Å². The van der Waals surface area contributed by atoms with Crippen molar-refractivity contribution in [2.24, 2.45) is 5.41 Å². The first-order valence-corrected chi connectivity index (χ1v) is 8.30. The van der Waals surface area contributed by atoms with E-state index in [-0.39, 0.29) is 5.41 Å². The smallest absolute Gasteiger partial charge is 0.0946 e. The molecule has 0 saturated heterocycles. The average Bonchev–Trinajstić information content (AvgIpc) is 2.93. The standard InChI is InChI=1S/C21H26N2/c1-15-11-17(3)19(18(4)12-15)20-16(2)7-6-8-21(20,5)13-23-10-9-22-14-23/h6-12,14,20H,13H2,1-5H3. The maximum Gasteiger partial charge on any atom is 0.0946 e. The number of aryl methyl sites for hydroxylation is 3. The summed E-state index contributed by atoms with van der Waals surface area (Å²) in [6.45, 7) is 12.2. The van der Waals surface area contributed by atoms with Crippen molar-refractivity contribution < 1.29 is 0 Å². The van der Waals surface area contributed by atoms with Gasteiger partial charge in [-0.15, -0.1) is 0 Å². The van der Waals surface area contributed by atoms with Crippen molar-refractivity contribution >= 4 is 0 Å².